The molecule has 0 amide bonds. The first kappa shape index (κ1) is 13.8. The smallest absolute Gasteiger partial charge is 0.317 e. The van der Waals surface area contributed by atoms with E-state index in [0.717, 1.165) is 48.5 Å². The Labute approximate surface area is 123 Å². The van der Waals surface area contributed by atoms with Crippen LogP contribution in [-0.4, -0.2) is 58.7 Å². The molecule has 0 unspecified atom stereocenters. The predicted molar refractivity (Wildman–Crippen MR) is 80.6 cm³/mol. The molecule has 0 bridgehead atoms. The molecule has 1 aromatic carbocycles. The topological polar surface area (TPSA) is 69.6 Å². The van der Waals surface area contributed by atoms with E-state index in [9.17, 15) is 4.79 Å². The van der Waals surface area contributed by atoms with Crippen molar-refractivity contribution >= 4 is 22.7 Å². The lowest BCUT2D eigenvalue weighted by Crippen LogP contribution is -2.48. The van der Waals surface area contributed by atoms with Crippen molar-refractivity contribution in [1.29, 1.82) is 0 Å². The highest BCUT2D eigenvalue weighted by Crippen LogP contribution is 2.25. The van der Waals surface area contributed by atoms with Crippen LogP contribution in [0.15, 0.2) is 24.5 Å². The first-order chi connectivity index (χ1) is 10.1. The molecule has 0 aliphatic carbocycles. The number of carboxylic acids is 1. The first-order valence-corrected chi connectivity index (χ1v) is 7.04. The fourth-order valence-corrected chi connectivity index (χ4v) is 2.78. The average molecular weight is 286 g/mol. The van der Waals surface area contributed by atoms with E-state index in [1.54, 1.807) is 6.33 Å². The molecule has 1 fully saturated rings. The number of hydrogen-bond donors (Lipinski definition) is 1. The number of aliphatic carboxylic acids is 1. The number of benzene rings is 1. The van der Waals surface area contributed by atoms with Gasteiger partial charge in [-0.25, -0.2) is 9.97 Å². The predicted octanol–water partition coefficient (Wildman–Crippen LogP) is 1.14. The van der Waals surface area contributed by atoms with Gasteiger partial charge in [0, 0.05) is 31.6 Å². The minimum atomic E-state index is -0.772. The Kier molecular flexibility index (Phi) is 3.70. The lowest BCUT2D eigenvalue weighted by molar-refractivity contribution is -0.138. The highest BCUT2D eigenvalue weighted by Gasteiger charge is 2.21. The van der Waals surface area contributed by atoms with Crippen molar-refractivity contribution in [2.75, 3.05) is 37.6 Å². The van der Waals surface area contributed by atoms with Gasteiger partial charge in [0.15, 0.2) is 0 Å². The second-order valence-electron chi connectivity index (χ2n) is 5.33. The summed E-state index contributed by atoms with van der Waals surface area (Å²) in [6.45, 7) is 5.20. The molecule has 0 atom stereocenters. The van der Waals surface area contributed by atoms with Crippen LogP contribution in [0.25, 0.3) is 10.9 Å². The molecule has 0 saturated carbocycles. The number of nitrogens with zero attached hydrogens (tertiary/aromatic N) is 4. The number of aromatic nitrogens is 2. The van der Waals surface area contributed by atoms with Gasteiger partial charge in [0.25, 0.3) is 0 Å². The molecule has 2 heterocycles. The summed E-state index contributed by atoms with van der Waals surface area (Å²) in [7, 11) is 0. The van der Waals surface area contributed by atoms with E-state index >= 15 is 0 Å². The highest BCUT2D eigenvalue weighted by molar-refractivity contribution is 5.91. The SMILES string of the molecule is Cc1cccc2c(N3CCN(CC(=O)O)CC3)ncnc12. The summed E-state index contributed by atoms with van der Waals surface area (Å²) in [5.74, 6) is 0.172. The third-order valence-corrected chi connectivity index (χ3v) is 3.88. The van der Waals surface area contributed by atoms with Crippen LogP contribution in [-0.2, 0) is 4.79 Å². The normalized spacial score (nSPS) is 16.3. The number of carbonyl (C=O) groups is 1. The Bertz CT molecular complexity index is 666. The number of aryl methyl sites for hydroxylation is 1. The molecule has 1 saturated heterocycles. The molecule has 2 aromatic rings. The minimum Gasteiger partial charge on any atom is -0.480 e. The molecule has 3 rings (SSSR count). The quantitative estimate of drug-likeness (QED) is 0.912. The van der Waals surface area contributed by atoms with Gasteiger partial charge in [0.2, 0.25) is 0 Å². The van der Waals surface area contributed by atoms with Crippen molar-refractivity contribution in [1.82, 2.24) is 14.9 Å². The van der Waals surface area contributed by atoms with Gasteiger partial charge in [-0.05, 0) is 18.6 Å². The van der Waals surface area contributed by atoms with E-state index in [-0.39, 0.29) is 6.54 Å². The number of hydrogen-bond acceptors (Lipinski definition) is 5. The fraction of sp³-hybridized carbons (Fsp3) is 0.400. The molecule has 110 valence electrons. The number of para-hydroxylation sites is 1. The van der Waals surface area contributed by atoms with E-state index in [4.69, 9.17) is 5.11 Å². The molecule has 1 N–H and O–H groups in total. The van der Waals surface area contributed by atoms with E-state index in [0.29, 0.717) is 0 Å². The zero-order valence-corrected chi connectivity index (χ0v) is 12.0. The van der Waals surface area contributed by atoms with E-state index < -0.39 is 5.97 Å². The maximum Gasteiger partial charge on any atom is 0.317 e. The van der Waals surface area contributed by atoms with Crippen molar-refractivity contribution in [2.45, 2.75) is 6.92 Å². The Morgan fingerprint density at radius 1 is 1.24 bits per heavy atom. The minimum absolute atomic E-state index is 0.109. The monoisotopic (exact) mass is 286 g/mol. The van der Waals surface area contributed by atoms with Crippen LogP contribution >= 0.6 is 0 Å². The zero-order chi connectivity index (χ0) is 14.8. The molecule has 6 heteroatoms. The number of rotatable bonds is 3. The average Bonchev–Trinajstić information content (AvgIpc) is 2.48. The third kappa shape index (κ3) is 2.80. The Morgan fingerprint density at radius 3 is 2.71 bits per heavy atom. The van der Waals surface area contributed by atoms with Crippen LogP contribution in [0.2, 0.25) is 0 Å². The second-order valence-corrected chi connectivity index (χ2v) is 5.33. The fourth-order valence-electron chi connectivity index (χ4n) is 2.78. The first-order valence-electron chi connectivity index (χ1n) is 7.04. The standard InChI is InChI=1S/C15H18N4O2/c1-11-3-2-4-12-14(11)16-10-17-15(12)19-7-5-18(6-8-19)9-13(20)21/h2-4,10H,5-9H2,1H3,(H,20,21). The van der Waals surface area contributed by atoms with Gasteiger partial charge in [-0.1, -0.05) is 12.1 Å². The number of piperazine rings is 1. The molecule has 0 radical (unpaired) electrons. The number of fused-ring (bicyclic) bond motifs is 1. The molecule has 6 nitrogen and oxygen atoms in total. The van der Waals surface area contributed by atoms with Crippen LogP contribution in [0.1, 0.15) is 5.56 Å². The number of carboxylic acid groups (broad SMARTS) is 1. The van der Waals surface area contributed by atoms with Crippen molar-refractivity contribution < 1.29 is 9.90 Å². The molecule has 0 spiro atoms. The van der Waals surface area contributed by atoms with Crippen LogP contribution in [0.5, 0.6) is 0 Å². The van der Waals surface area contributed by atoms with Crippen molar-refractivity contribution in [3.8, 4) is 0 Å². The Balaban J connectivity index is 1.83. The molecule has 1 aliphatic rings. The van der Waals surface area contributed by atoms with Gasteiger partial charge in [0.1, 0.15) is 12.1 Å². The summed E-state index contributed by atoms with van der Waals surface area (Å²) in [4.78, 5) is 23.7. The van der Waals surface area contributed by atoms with Crippen LogP contribution in [0.3, 0.4) is 0 Å². The summed E-state index contributed by atoms with van der Waals surface area (Å²) in [6, 6.07) is 6.11. The van der Waals surface area contributed by atoms with Gasteiger partial charge < -0.3 is 10.0 Å². The lowest BCUT2D eigenvalue weighted by atomic mass is 10.1. The van der Waals surface area contributed by atoms with E-state index in [1.165, 1.54) is 0 Å². The lowest BCUT2D eigenvalue weighted by Gasteiger charge is -2.34. The maximum absolute atomic E-state index is 10.8. The molecule has 1 aromatic heterocycles. The van der Waals surface area contributed by atoms with E-state index in [1.807, 2.05) is 30.0 Å². The van der Waals surface area contributed by atoms with E-state index in [2.05, 4.69) is 14.9 Å². The number of anilines is 1. The van der Waals surface area contributed by atoms with Gasteiger partial charge in [-0.3, -0.25) is 9.69 Å². The van der Waals surface area contributed by atoms with Gasteiger partial charge in [0.05, 0.1) is 12.1 Å². The summed E-state index contributed by atoms with van der Waals surface area (Å²) in [5, 5.41) is 9.90. The van der Waals surface area contributed by atoms with Gasteiger partial charge >= 0.3 is 5.97 Å². The second kappa shape index (κ2) is 5.65. The maximum atomic E-state index is 10.8. The molecule has 1 aliphatic heterocycles. The summed E-state index contributed by atoms with van der Waals surface area (Å²) >= 11 is 0. The molecule has 21 heavy (non-hydrogen) atoms. The van der Waals surface area contributed by atoms with Crippen molar-refractivity contribution in [3.05, 3.63) is 30.1 Å². The third-order valence-electron chi connectivity index (χ3n) is 3.88. The van der Waals surface area contributed by atoms with Crippen LogP contribution in [0.4, 0.5) is 5.82 Å². The summed E-state index contributed by atoms with van der Waals surface area (Å²) < 4.78 is 0. The van der Waals surface area contributed by atoms with Gasteiger partial charge in [-0.2, -0.15) is 0 Å². The molecular weight excluding hydrogens is 268 g/mol. The van der Waals surface area contributed by atoms with Crippen LogP contribution in [0, 0.1) is 6.92 Å². The molecular formula is C15H18N4O2. The van der Waals surface area contributed by atoms with Crippen LogP contribution < -0.4 is 4.90 Å². The zero-order valence-electron chi connectivity index (χ0n) is 12.0. The van der Waals surface area contributed by atoms with Crippen molar-refractivity contribution in [2.24, 2.45) is 0 Å². The summed E-state index contributed by atoms with van der Waals surface area (Å²) in [6.07, 6.45) is 1.61. The highest BCUT2D eigenvalue weighted by atomic mass is 16.4. The largest absolute Gasteiger partial charge is 0.480 e. The Morgan fingerprint density at radius 2 is 2.00 bits per heavy atom. The van der Waals surface area contributed by atoms with Gasteiger partial charge in [-0.15, -0.1) is 0 Å². The van der Waals surface area contributed by atoms with Crippen molar-refractivity contribution in [3.63, 3.8) is 0 Å². The summed E-state index contributed by atoms with van der Waals surface area (Å²) in [5.41, 5.74) is 2.12. The Hall–Kier alpha value is -2.21.